The molecule has 0 radical (unpaired) electrons. The molecule has 3 aromatic rings. The lowest BCUT2D eigenvalue weighted by Gasteiger charge is -2.30. The van der Waals surface area contributed by atoms with E-state index < -0.39 is 10.4 Å². The Bertz CT molecular complexity index is 1310. The van der Waals surface area contributed by atoms with Crippen molar-refractivity contribution in [2.75, 3.05) is 20.2 Å². The highest BCUT2D eigenvalue weighted by molar-refractivity contribution is 7.82. The van der Waals surface area contributed by atoms with Crippen LogP contribution in [0.2, 0.25) is 0 Å². The first-order valence-corrected chi connectivity index (χ1v) is 12.9. The van der Waals surface area contributed by atoms with E-state index in [1.54, 1.807) is 6.07 Å². The number of rotatable bonds is 5. The molecule has 34 heavy (non-hydrogen) atoms. The molecule has 7 heteroatoms. The van der Waals surface area contributed by atoms with E-state index in [0.717, 1.165) is 69.2 Å². The Kier molecular flexibility index (Phi) is 6.50. The number of likely N-dealkylation sites (tertiary alicyclic amines) is 1. The zero-order valence-electron chi connectivity index (χ0n) is 19.2. The highest BCUT2D eigenvalue weighted by atomic mass is 32.3. The van der Waals surface area contributed by atoms with Crippen LogP contribution < -0.4 is 4.18 Å². The van der Waals surface area contributed by atoms with Crippen molar-refractivity contribution in [2.45, 2.75) is 32.2 Å². The lowest BCUT2D eigenvalue weighted by Crippen LogP contribution is -2.30. The fraction of sp³-hybridized carbons (Fsp3) is 0.296. The molecule has 1 aromatic heterocycles. The summed E-state index contributed by atoms with van der Waals surface area (Å²) in [6.45, 7) is 2.96. The summed E-state index contributed by atoms with van der Waals surface area (Å²) < 4.78 is 33.1. The fourth-order valence-electron chi connectivity index (χ4n) is 4.92. The molecule has 1 fully saturated rings. The monoisotopic (exact) mass is 476 g/mol. The predicted octanol–water partition coefficient (Wildman–Crippen LogP) is 4.55. The molecular formula is C27H28N2O4S. The minimum atomic E-state index is -4.06. The van der Waals surface area contributed by atoms with E-state index in [0.29, 0.717) is 0 Å². The van der Waals surface area contributed by atoms with Crippen LogP contribution in [0.25, 0.3) is 5.57 Å². The van der Waals surface area contributed by atoms with Gasteiger partial charge in [-0.1, -0.05) is 48.0 Å². The van der Waals surface area contributed by atoms with Gasteiger partial charge in [0.25, 0.3) is 0 Å². The normalized spacial score (nSPS) is 16.5. The number of hydrogen-bond acceptors (Lipinski definition) is 6. The average molecular weight is 477 g/mol. The summed E-state index contributed by atoms with van der Waals surface area (Å²) in [5, 5.41) is 0. The Morgan fingerprint density at radius 2 is 1.68 bits per heavy atom. The third-order valence-corrected chi connectivity index (χ3v) is 7.41. The first-order chi connectivity index (χ1) is 16.5. The van der Waals surface area contributed by atoms with Gasteiger partial charge in [0.1, 0.15) is 5.75 Å². The Morgan fingerprint density at radius 1 is 0.912 bits per heavy atom. The van der Waals surface area contributed by atoms with Gasteiger partial charge in [-0.3, -0.25) is 9.88 Å². The molecule has 2 aromatic carbocycles. The summed E-state index contributed by atoms with van der Waals surface area (Å²) in [5.41, 5.74) is 8.39. The van der Waals surface area contributed by atoms with Crippen molar-refractivity contribution < 1.29 is 16.8 Å². The van der Waals surface area contributed by atoms with E-state index in [9.17, 15) is 8.42 Å². The van der Waals surface area contributed by atoms with Crippen LogP contribution >= 0.6 is 0 Å². The van der Waals surface area contributed by atoms with Gasteiger partial charge in [0, 0.05) is 31.4 Å². The number of nitrogens with zero attached hydrogens (tertiary/aromatic N) is 2. The maximum atomic E-state index is 11.8. The maximum absolute atomic E-state index is 11.8. The molecule has 0 saturated carbocycles. The molecule has 5 rings (SSSR count). The number of pyridine rings is 1. The van der Waals surface area contributed by atoms with Crippen molar-refractivity contribution in [2.24, 2.45) is 0 Å². The molecule has 0 bridgehead atoms. The topological polar surface area (TPSA) is 68.7 Å². The van der Waals surface area contributed by atoms with Gasteiger partial charge in [0.2, 0.25) is 0 Å². The molecule has 0 amide bonds. The van der Waals surface area contributed by atoms with Gasteiger partial charge in [-0.05, 0) is 66.1 Å². The van der Waals surface area contributed by atoms with E-state index in [1.807, 2.05) is 24.4 Å². The molecule has 176 valence electrons. The molecule has 2 aliphatic rings. The number of benzene rings is 2. The Morgan fingerprint density at radius 3 is 2.44 bits per heavy atom. The van der Waals surface area contributed by atoms with Gasteiger partial charge < -0.3 is 4.18 Å². The SMILES string of the molecule is COS(=O)(=O)Oc1ccc2c(c1)CCc1cccnc1C2=C1CCN(Cc2ccccc2)CC1. The molecule has 6 nitrogen and oxygen atoms in total. The highest BCUT2D eigenvalue weighted by Gasteiger charge is 2.26. The van der Waals surface area contributed by atoms with E-state index in [4.69, 9.17) is 9.17 Å². The number of aromatic nitrogens is 1. The van der Waals surface area contributed by atoms with Crippen molar-refractivity contribution >= 4 is 16.0 Å². The van der Waals surface area contributed by atoms with E-state index >= 15 is 0 Å². The van der Waals surface area contributed by atoms with Crippen molar-refractivity contribution in [1.29, 1.82) is 0 Å². The molecule has 0 spiro atoms. The molecule has 1 aliphatic heterocycles. The van der Waals surface area contributed by atoms with Gasteiger partial charge in [0.05, 0.1) is 12.8 Å². The lowest BCUT2D eigenvalue weighted by molar-refractivity contribution is 0.248. The predicted molar refractivity (Wildman–Crippen MR) is 132 cm³/mol. The number of piperidine rings is 1. The van der Waals surface area contributed by atoms with Crippen molar-refractivity contribution in [1.82, 2.24) is 9.88 Å². The van der Waals surface area contributed by atoms with Gasteiger partial charge in [0.15, 0.2) is 0 Å². The second-order valence-corrected chi connectivity index (χ2v) is 10.0. The van der Waals surface area contributed by atoms with E-state index in [-0.39, 0.29) is 5.75 Å². The summed E-state index contributed by atoms with van der Waals surface area (Å²) in [6, 6.07) is 20.2. The number of aryl methyl sites for hydroxylation is 2. The van der Waals surface area contributed by atoms with Gasteiger partial charge in [-0.2, -0.15) is 8.42 Å². The number of hydrogen-bond donors (Lipinski definition) is 0. The Labute approximate surface area is 201 Å². The van der Waals surface area contributed by atoms with E-state index in [1.165, 1.54) is 22.3 Å². The standard InChI is InChI=1S/C27H28N2O4S/c1-32-34(30,31)33-24-11-12-25-23(18-24)10-9-22-8-5-15-28-27(22)26(25)21-13-16-29(17-14-21)19-20-6-3-2-4-7-20/h2-8,11-12,15,18H,9-10,13-14,16-17,19H2,1H3. The third kappa shape index (κ3) is 4.92. The highest BCUT2D eigenvalue weighted by Crippen LogP contribution is 2.39. The van der Waals surface area contributed by atoms with E-state index in [2.05, 4.69) is 45.5 Å². The van der Waals surface area contributed by atoms with Crippen LogP contribution in [-0.4, -0.2) is 38.5 Å². The molecule has 2 heterocycles. The maximum Gasteiger partial charge on any atom is 0.448 e. The van der Waals surface area contributed by atoms with Gasteiger partial charge >= 0.3 is 10.4 Å². The van der Waals surface area contributed by atoms with Crippen molar-refractivity contribution in [3.05, 3.63) is 100 Å². The van der Waals surface area contributed by atoms with Crippen molar-refractivity contribution in [3.8, 4) is 5.75 Å². The number of fused-ring (bicyclic) bond motifs is 2. The van der Waals surface area contributed by atoms with Gasteiger partial charge in [-0.25, -0.2) is 4.18 Å². The zero-order valence-corrected chi connectivity index (χ0v) is 20.1. The second-order valence-electron chi connectivity index (χ2n) is 8.73. The first kappa shape index (κ1) is 22.8. The van der Waals surface area contributed by atoms with Crippen LogP contribution in [0.3, 0.4) is 0 Å². The average Bonchev–Trinajstić information content (AvgIpc) is 3.02. The minimum Gasteiger partial charge on any atom is -0.362 e. The Hall–Kier alpha value is -3.00. The summed E-state index contributed by atoms with van der Waals surface area (Å²) in [7, 11) is -2.97. The molecule has 0 atom stereocenters. The smallest absolute Gasteiger partial charge is 0.362 e. The Balaban J connectivity index is 1.48. The largest absolute Gasteiger partial charge is 0.448 e. The molecule has 1 saturated heterocycles. The molecule has 0 unspecified atom stereocenters. The van der Waals surface area contributed by atoms with Crippen LogP contribution in [0.15, 0.2) is 72.4 Å². The first-order valence-electron chi connectivity index (χ1n) is 11.6. The van der Waals surface area contributed by atoms with Gasteiger partial charge in [-0.15, -0.1) is 0 Å². The van der Waals surface area contributed by atoms with Crippen LogP contribution in [0.1, 0.15) is 40.8 Å². The fourth-order valence-corrected chi connectivity index (χ4v) is 5.32. The second kappa shape index (κ2) is 9.70. The summed E-state index contributed by atoms with van der Waals surface area (Å²) in [4.78, 5) is 7.30. The quantitative estimate of drug-likeness (QED) is 0.538. The summed E-state index contributed by atoms with van der Waals surface area (Å²) in [5.74, 6) is 0.265. The third-order valence-electron chi connectivity index (χ3n) is 6.60. The van der Waals surface area contributed by atoms with Crippen LogP contribution in [0.4, 0.5) is 0 Å². The molecule has 1 aliphatic carbocycles. The van der Waals surface area contributed by atoms with Crippen molar-refractivity contribution in [3.63, 3.8) is 0 Å². The van der Waals surface area contributed by atoms with Crippen LogP contribution in [-0.2, 0) is 34.0 Å². The summed E-state index contributed by atoms with van der Waals surface area (Å²) in [6.07, 6.45) is 5.45. The minimum absolute atomic E-state index is 0.265. The lowest BCUT2D eigenvalue weighted by atomic mass is 9.88. The molecule has 0 N–H and O–H groups in total. The molecular weight excluding hydrogens is 448 g/mol. The van der Waals surface area contributed by atoms with Crippen LogP contribution in [0.5, 0.6) is 5.75 Å². The van der Waals surface area contributed by atoms with Crippen LogP contribution in [0, 0.1) is 0 Å². The summed E-state index contributed by atoms with van der Waals surface area (Å²) >= 11 is 0. The zero-order chi connectivity index (χ0) is 23.5.